The van der Waals surface area contributed by atoms with Gasteiger partial charge >= 0.3 is 6.03 Å². The predicted molar refractivity (Wildman–Crippen MR) is 146 cm³/mol. The fourth-order valence-electron chi connectivity index (χ4n) is 4.03. The van der Waals surface area contributed by atoms with Crippen molar-refractivity contribution in [2.24, 2.45) is 10.9 Å². The molecule has 0 aliphatic carbocycles. The van der Waals surface area contributed by atoms with Crippen molar-refractivity contribution < 1.29 is 19.1 Å². The fourth-order valence-corrected chi connectivity index (χ4v) is 4.03. The molecule has 2 aromatic rings. The molecule has 1 saturated heterocycles. The monoisotopic (exact) mass is 507 g/mol. The van der Waals surface area contributed by atoms with Crippen molar-refractivity contribution >= 4 is 29.2 Å². The highest BCUT2D eigenvalue weighted by molar-refractivity contribution is 6.02. The number of aliphatic imine (C=N–C) groups is 1. The Labute approximate surface area is 218 Å². The van der Waals surface area contributed by atoms with Gasteiger partial charge in [0.15, 0.2) is 0 Å². The molecule has 0 radical (unpaired) electrons. The summed E-state index contributed by atoms with van der Waals surface area (Å²) in [5.74, 6) is 0.428. The lowest BCUT2D eigenvalue weighted by molar-refractivity contribution is 0.0625. The van der Waals surface area contributed by atoms with E-state index >= 15 is 0 Å². The van der Waals surface area contributed by atoms with Crippen molar-refractivity contribution in [1.82, 2.24) is 15.1 Å². The van der Waals surface area contributed by atoms with Crippen molar-refractivity contribution in [2.45, 2.75) is 34.2 Å². The van der Waals surface area contributed by atoms with Crippen LogP contribution in [0, 0.1) is 5.92 Å². The summed E-state index contributed by atoms with van der Waals surface area (Å²) in [6.45, 7) is 11.5. The molecule has 0 spiro atoms. The third kappa shape index (κ3) is 8.15. The zero-order chi connectivity index (χ0) is 26.9. The van der Waals surface area contributed by atoms with Gasteiger partial charge in [-0.2, -0.15) is 0 Å². The third-order valence-electron chi connectivity index (χ3n) is 5.93. The van der Waals surface area contributed by atoms with Crippen LogP contribution >= 0.6 is 0 Å². The summed E-state index contributed by atoms with van der Waals surface area (Å²) in [4.78, 5) is 45.7. The van der Waals surface area contributed by atoms with Crippen LogP contribution in [0.3, 0.4) is 0 Å². The molecule has 2 aromatic carbocycles. The largest absolute Gasteiger partial charge is 0.496 e. The van der Waals surface area contributed by atoms with E-state index in [2.05, 4.69) is 20.5 Å². The molecule has 9 heteroatoms. The van der Waals surface area contributed by atoms with Crippen LogP contribution in [0.1, 0.15) is 54.0 Å². The zero-order valence-corrected chi connectivity index (χ0v) is 22.3. The van der Waals surface area contributed by atoms with Gasteiger partial charge in [-0.15, -0.1) is 0 Å². The lowest BCUT2D eigenvalue weighted by Gasteiger charge is -2.35. The Bertz CT molecular complexity index is 1150. The first-order valence-corrected chi connectivity index (χ1v) is 12.6. The first kappa shape index (κ1) is 27.9. The summed E-state index contributed by atoms with van der Waals surface area (Å²) >= 11 is 0. The number of carbonyl (C=O) groups is 3. The highest BCUT2D eigenvalue weighted by Crippen LogP contribution is 2.25. The van der Waals surface area contributed by atoms with Crippen molar-refractivity contribution in [1.29, 1.82) is 0 Å². The fraction of sp³-hybridized carbons (Fsp3) is 0.429. The minimum absolute atomic E-state index is 0.104. The van der Waals surface area contributed by atoms with Gasteiger partial charge in [-0.1, -0.05) is 26.0 Å². The Balaban J connectivity index is 1.58. The summed E-state index contributed by atoms with van der Waals surface area (Å²) in [6, 6.07) is 12.3. The first-order chi connectivity index (χ1) is 17.7. The summed E-state index contributed by atoms with van der Waals surface area (Å²) in [5.41, 5.74) is 3.36. The summed E-state index contributed by atoms with van der Waals surface area (Å²) < 4.78 is 5.47. The van der Waals surface area contributed by atoms with Gasteiger partial charge in [0.25, 0.3) is 11.8 Å². The molecule has 37 heavy (non-hydrogen) atoms. The lowest BCUT2D eigenvalue weighted by Crippen LogP contribution is -2.48. The van der Waals surface area contributed by atoms with Gasteiger partial charge in [0.05, 0.1) is 12.7 Å². The normalized spacial score (nSPS) is 13.7. The highest BCUT2D eigenvalue weighted by atomic mass is 16.5. The van der Waals surface area contributed by atoms with Gasteiger partial charge in [0.2, 0.25) is 0 Å². The number of benzene rings is 2. The second kappa shape index (κ2) is 13.0. The van der Waals surface area contributed by atoms with Gasteiger partial charge in [0.1, 0.15) is 5.75 Å². The molecule has 0 aromatic heterocycles. The first-order valence-electron chi connectivity index (χ1n) is 12.6. The van der Waals surface area contributed by atoms with Crippen LogP contribution in [-0.4, -0.2) is 73.2 Å². The maximum absolute atomic E-state index is 13.2. The second-order valence-corrected chi connectivity index (χ2v) is 9.78. The summed E-state index contributed by atoms with van der Waals surface area (Å²) in [7, 11) is 1.51. The molecule has 1 heterocycles. The molecule has 4 amide bonds. The Hall–Kier alpha value is -3.72. The molecule has 2 N–H and O–H groups in total. The number of urea groups is 1. The third-order valence-corrected chi connectivity index (χ3v) is 5.93. The number of carbonyl (C=O) groups excluding carboxylic acids is 3. The van der Waals surface area contributed by atoms with E-state index in [9.17, 15) is 14.4 Å². The standard InChI is InChI=1S/C28H37N5O4/c1-19(2)17-29-28(36)31-23-9-10-24(25(16-23)37-5)27(35)33-13-11-32(12-14-33)18-21-7-6-8-22(15-21)26(34)30-20(3)4/h6-10,15-16,19H,11-14,17-18H2,1-5H3,(H2,29,31,36). The second-order valence-electron chi connectivity index (χ2n) is 9.78. The van der Waals surface area contributed by atoms with Gasteiger partial charge in [-0.3, -0.25) is 14.5 Å². The highest BCUT2D eigenvalue weighted by Gasteiger charge is 2.25. The van der Waals surface area contributed by atoms with Gasteiger partial charge in [-0.05, 0) is 49.6 Å². The van der Waals surface area contributed by atoms with E-state index in [0.29, 0.717) is 67.8 Å². The van der Waals surface area contributed by atoms with E-state index in [4.69, 9.17) is 4.74 Å². The van der Waals surface area contributed by atoms with Crippen LogP contribution in [0.5, 0.6) is 5.75 Å². The van der Waals surface area contributed by atoms with E-state index < -0.39 is 0 Å². The number of methoxy groups -OCH3 is 1. The average molecular weight is 508 g/mol. The summed E-state index contributed by atoms with van der Waals surface area (Å²) in [6.07, 6.45) is 0. The molecule has 3 rings (SSSR count). The van der Waals surface area contributed by atoms with Gasteiger partial charge in [0, 0.05) is 62.3 Å². The smallest absolute Gasteiger partial charge is 0.319 e. The van der Waals surface area contributed by atoms with Crippen LogP contribution in [0.4, 0.5) is 10.5 Å². The van der Waals surface area contributed by atoms with Crippen LogP contribution in [0.2, 0.25) is 0 Å². The topological polar surface area (TPSA) is 103 Å². The van der Waals surface area contributed by atoms with Crippen molar-refractivity contribution in [3.8, 4) is 5.75 Å². The maximum Gasteiger partial charge on any atom is 0.319 e. The number of ether oxygens (including phenoxy) is 1. The predicted octanol–water partition coefficient (Wildman–Crippen LogP) is 4.05. The Morgan fingerprint density at radius 2 is 1.76 bits per heavy atom. The number of hydrogen-bond acceptors (Lipinski definition) is 5. The van der Waals surface area contributed by atoms with E-state index in [1.807, 2.05) is 36.9 Å². The number of piperazine rings is 1. The van der Waals surface area contributed by atoms with Crippen LogP contribution in [0.15, 0.2) is 47.5 Å². The van der Waals surface area contributed by atoms with E-state index in [1.165, 1.54) is 7.11 Å². The molecule has 0 bridgehead atoms. The number of nitrogens with zero attached hydrogens (tertiary/aromatic N) is 3. The van der Waals surface area contributed by atoms with Gasteiger partial charge in [-0.25, -0.2) is 9.79 Å². The van der Waals surface area contributed by atoms with Crippen molar-refractivity contribution in [2.75, 3.05) is 45.2 Å². The van der Waals surface area contributed by atoms with Crippen LogP contribution in [-0.2, 0) is 6.54 Å². The number of amides is 4. The zero-order valence-electron chi connectivity index (χ0n) is 22.3. The van der Waals surface area contributed by atoms with E-state index in [0.717, 1.165) is 11.3 Å². The molecule has 0 unspecified atom stereocenters. The SMILES string of the molecule is COc1cc(NC(=O)NCC(C)C)ccc1C(=O)N1CCN(Cc2cccc(C(=O)N=C(C)C)c2)CC1. The molecule has 1 fully saturated rings. The lowest BCUT2D eigenvalue weighted by atomic mass is 10.1. The molecule has 1 aliphatic heterocycles. The van der Waals surface area contributed by atoms with E-state index in [1.54, 1.807) is 38.1 Å². The number of rotatable bonds is 8. The van der Waals surface area contributed by atoms with Gasteiger partial charge < -0.3 is 20.3 Å². The summed E-state index contributed by atoms with van der Waals surface area (Å²) in [5, 5.41) is 5.58. The molecule has 0 saturated carbocycles. The molecular formula is C28H37N5O4. The molecule has 198 valence electrons. The van der Waals surface area contributed by atoms with Crippen molar-refractivity contribution in [3.05, 3.63) is 59.2 Å². The minimum Gasteiger partial charge on any atom is -0.496 e. The Kier molecular flexibility index (Phi) is 9.79. The Morgan fingerprint density at radius 3 is 2.41 bits per heavy atom. The van der Waals surface area contributed by atoms with Crippen LogP contribution < -0.4 is 15.4 Å². The quantitative estimate of drug-likeness (QED) is 0.525. The van der Waals surface area contributed by atoms with Crippen molar-refractivity contribution in [3.63, 3.8) is 0 Å². The molecular weight excluding hydrogens is 470 g/mol. The number of anilines is 1. The minimum atomic E-state index is -0.297. The molecule has 1 aliphatic rings. The molecule has 9 nitrogen and oxygen atoms in total. The number of nitrogens with one attached hydrogen (secondary N) is 2. The van der Waals surface area contributed by atoms with Crippen LogP contribution in [0.25, 0.3) is 0 Å². The number of hydrogen-bond donors (Lipinski definition) is 2. The average Bonchev–Trinajstić information content (AvgIpc) is 2.87. The Morgan fingerprint density at radius 1 is 1.03 bits per heavy atom. The van der Waals surface area contributed by atoms with E-state index in [-0.39, 0.29) is 17.8 Å². The maximum atomic E-state index is 13.2. The molecule has 0 atom stereocenters.